The van der Waals surface area contributed by atoms with E-state index in [1.54, 1.807) is 0 Å². The number of rotatable bonds is 16. The van der Waals surface area contributed by atoms with Crippen LogP contribution in [0, 0.1) is 0 Å². The van der Waals surface area contributed by atoms with Crippen LogP contribution < -0.4 is 10.00 Å². The van der Waals surface area contributed by atoms with Gasteiger partial charge in [0.15, 0.2) is 0 Å². The van der Waals surface area contributed by atoms with Crippen molar-refractivity contribution in [3.63, 3.8) is 0 Å². The minimum Gasteiger partial charge on any atom is -0.756 e. The molecule has 0 aromatic heterocycles. The topological polar surface area (TPSA) is 121 Å². The van der Waals surface area contributed by atoms with Gasteiger partial charge in [-0.1, -0.05) is 96.8 Å². The Morgan fingerprint density at radius 2 is 0.962 bits per heavy atom. The van der Waals surface area contributed by atoms with Crippen LogP contribution in [-0.4, -0.2) is 64.6 Å². The molecule has 6 nitrogen and oxygen atoms in total. The van der Waals surface area contributed by atoms with Crippen LogP contribution in [0.5, 0.6) is 0 Å². The summed E-state index contributed by atoms with van der Waals surface area (Å²) in [6, 6.07) is 0. The van der Waals surface area contributed by atoms with E-state index in [1.165, 1.54) is 83.5 Å². The van der Waals surface area contributed by atoms with Gasteiger partial charge in [-0.05, 0) is 12.8 Å². The van der Waals surface area contributed by atoms with Gasteiger partial charge in [-0.25, -0.2) is 0 Å². The molecule has 8 heteroatoms. The number of carboxylic acids is 1. The first-order chi connectivity index (χ1) is 11.8. The fourth-order valence-corrected chi connectivity index (χ4v) is 2.64. The summed E-state index contributed by atoms with van der Waals surface area (Å²) >= 11 is 0. The summed E-state index contributed by atoms with van der Waals surface area (Å²) in [5.41, 5.74) is 0. The van der Waals surface area contributed by atoms with Gasteiger partial charge in [-0.2, -0.15) is 0 Å². The summed E-state index contributed by atoms with van der Waals surface area (Å²) in [5, 5.41) is 10.2. The number of aliphatic carboxylic acids is 1. The minimum absolute atomic E-state index is 0. The first-order valence-corrected chi connectivity index (χ1v) is 11.3. The maximum Gasteiger partial charge on any atom is 2.00 e. The van der Waals surface area contributed by atoms with Gasteiger partial charge in [0.25, 0.3) is 7.82 Å². The van der Waals surface area contributed by atoms with Crippen LogP contribution in [0.2, 0.25) is 0 Å². The molecule has 0 saturated carbocycles. The summed E-state index contributed by atoms with van der Waals surface area (Å²) in [7, 11) is -4.89. The molecular formula is C18H37BaO6P. The number of phosphoric acid groups is 1. The Balaban J connectivity index is -0.000000772. The van der Waals surface area contributed by atoms with E-state index in [-0.39, 0.29) is 55.3 Å². The van der Waals surface area contributed by atoms with E-state index in [0.717, 1.165) is 12.8 Å². The van der Waals surface area contributed by atoms with Crippen molar-refractivity contribution in [3.05, 3.63) is 0 Å². The number of unbranched alkanes of at least 4 members (excludes halogenated alkanes) is 14. The molecule has 0 aromatic carbocycles. The second-order valence-corrected chi connectivity index (χ2v) is 7.54. The van der Waals surface area contributed by atoms with E-state index in [2.05, 4.69) is 6.92 Å². The standard InChI is InChI=1S/C18H36O2.Ba.H3O4P/c1-2-3-4-5-6-7-8-9-10-11-12-13-14-15-16-17-18(19)20;;1-5(2,3)4/h2-17H2,1H3,(H,19,20);;(H3,1,2,3,4)/q;+2;/p-2. The van der Waals surface area contributed by atoms with Crippen molar-refractivity contribution in [1.29, 1.82) is 0 Å². The largest absolute Gasteiger partial charge is 2.00 e. The molecule has 0 spiro atoms. The normalized spacial score (nSPS) is 10.6. The Morgan fingerprint density at radius 1 is 0.731 bits per heavy atom. The van der Waals surface area contributed by atoms with Gasteiger partial charge in [-0.3, -0.25) is 4.57 Å². The number of carbonyl (C=O) groups excluding carboxylic acids is 1. The molecule has 0 amide bonds. The molecule has 0 rings (SSSR count). The van der Waals surface area contributed by atoms with Crippen LogP contribution in [0.4, 0.5) is 0 Å². The summed E-state index contributed by atoms with van der Waals surface area (Å²) in [5.74, 6) is -0.903. The molecule has 0 saturated heterocycles. The summed E-state index contributed by atoms with van der Waals surface area (Å²) in [6.45, 7) is 2.27. The molecule has 26 heavy (non-hydrogen) atoms. The Hall–Kier alpha value is 1.15. The molecule has 2 N–H and O–H groups in total. The molecule has 0 radical (unpaired) electrons. The zero-order valence-corrected chi connectivity index (χ0v) is 21.8. The Labute approximate surface area is 199 Å². The molecule has 0 aromatic rings. The molecular weight excluding hydrogens is 480 g/mol. The van der Waals surface area contributed by atoms with Crippen molar-refractivity contribution in [2.24, 2.45) is 0 Å². The molecule has 0 aliphatic rings. The summed E-state index contributed by atoms with van der Waals surface area (Å²) in [4.78, 5) is 33.1. The van der Waals surface area contributed by atoms with Crippen LogP contribution in [-0.2, 0) is 9.36 Å². The van der Waals surface area contributed by atoms with E-state index < -0.39 is 13.8 Å². The van der Waals surface area contributed by atoms with Crippen molar-refractivity contribution >= 4 is 62.7 Å². The first kappa shape index (κ1) is 31.8. The molecule has 0 fully saturated rings. The van der Waals surface area contributed by atoms with Crippen LogP contribution in [0.15, 0.2) is 0 Å². The molecule has 152 valence electrons. The molecule has 0 unspecified atom stereocenters. The van der Waals surface area contributed by atoms with Gasteiger partial charge in [0.2, 0.25) is 0 Å². The van der Waals surface area contributed by atoms with Gasteiger partial charge in [-0.15, -0.1) is 0 Å². The Kier molecular flexibility index (Phi) is 29.6. The van der Waals surface area contributed by atoms with Gasteiger partial charge < -0.3 is 24.6 Å². The van der Waals surface area contributed by atoms with Gasteiger partial charge in [0.1, 0.15) is 0 Å². The predicted octanol–water partition coefficient (Wildman–Crippen LogP) is 3.06. The third-order valence-corrected chi connectivity index (χ3v) is 3.98. The number of hydrogen-bond donors (Lipinski definition) is 2. The third kappa shape index (κ3) is 44.5. The number of carboxylic acid groups (broad SMARTS) is 1. The fraction of sp³-hybridized carbons (Fsp3) is 0.944. The Bertz CT molecular complexity index is 327. The van der Waals surface area contributed by atoms with Crippen LogP contribution in [0.25, 0.3) is 0 Å². The molecule has 0 bridgehead atoms. The van der Waals surface area contributed by atoms with Gasteiger partial charge >= 0.3 is 48.9 Å². The van der Waals surface area contributed by atoms with Crippen molar-refractivity contribution in [3.8, 4) is 0 Å². The molecule has 0 aliphatic heterocycles. The van der Waals surface area contributed by atoms with Gasteiger partial charge in [0.05, 0.1) is 0 Å². The second kappa shape index (κ2) is 24.2. The monoisotopic (exact) mass is 518 g/mol. The van der Waals surface area contributed by atoms with Crippen molar-refractivity contribution in [2.75, 3.05) is 0 Å². The Morgan fingerprint density at radius 3 is 1.19 bits per heavy atom. The maximum absolute atomic E-state index is 10.2. The van der Waals surface area contributed by atoms with Crippen molar-refractivity contribution in [2.45, 2.75) is 110 Å². The molecule has 0 aliphatic carbocycles. The van der Waals surface area contributed by atoms with E-state index in [1.807, 2.05) is 0 Å². The van der Waals surface area contributed by atoms with Crippen LogP contribution in [0.1, 0.15) is 110 Å². The molecule has 0 atom stereocenters. The minimum atomic E-state index is -4.89. The fourth-order valence-electron chi connectivity index (χ4n) is 2.64. The average Bonchev–Trinajstić information content (AvgIpc) is 2.49. The number of carbonyl (C=O) groups is 1. The van der Waals surface area contributed by atoms with E-state index in [0.29, 0.717) is 0 Å². The third-order valence-electron chi connectivity index (χ3n) is 3.98. The van der Waals surface area contributed by atoms with Crippen LogP contribution in [0.3, 0.4) is 0 Å². The predicted molar refractivity (Wildman–Crippen MR) is 102 cm³/mol. The zero-order chi connectivity index (χ0) is 19.4. The summed E-state index contributed by atoms with van der Waals surface area (Å²) in [6.07, 6.45) is 19.9. The van der Waals surface area contributed by atoms with Crippen LogP contribution >= 0.6 is 7.82 Å². The van der Waals surface area contributed by atoms with E-state index in [4.69, 9.17) is 19.2 Å². The second-order valence-electron chi connectivity index (χ2n) is 6.56. The SMILES string of the molecule is CCCCCCCCCCCCCCCCCC(=O)[O-].O=P([O-])(O)O.[Ba+2]. The van der Waals surface area contributed by atoms with Crippen molar-refractivity contribution in [1.82, 2.24) is 0 Å². The van der Waals surface area contributed by atoms with Gasteiger partial charge in [0, 0.05) is 5.97 Å². The maximum atomic E-state index is 10.2. The quantitative estimate of drug-likeness (QED) is 0.184. The van der Waals surface area contributed by atoms with Crippen molar-refractivity contribution < 1.29 is 29.1 Å². The van der Waals surface area contributed by atoms with E-state index >= 15 is 0 Å². The summed E-state index contributed by atoms with van der Waals surface area (Å²) < 4.78 is 8.77. The average molecular weight is 518 g/mol. The zero-order valence-electron chi connectivity index (χ0n) is 16.5. The smallest absolute Gasteiger partial charge is 0.756 e. The molecule has 0 heterocycles. The number of hydrogen-bond acceptors (Lipinski definition) is 4. The first-order valence-electron chi connectivity index (χ1n) is 9.73. The van der Waals surface area contributed by atoms with E-state index in [9.17, 15) is 9.90 Å².